The monoisotopic (exact) mass is 413 g/mol. The van der Waals surface area contributed by atoms with Gasteiger partial charge in [0.25, 0.3) is 0 Å². The van der Waals surface area contributed by atoms with Crippen LogP contribution >= 0.6 is 19.5 Å². The van der Waals surface area contributed by atoms with Crippen LogP contribution in [0.4, 0.5) is 8.78 Å². The number of halogens is 3. The second kappa shape index (κ2) is 8.80. The Hall–Kier alpha value is 0.462. The molecule has 0 nitrogen and oxygen atoms in total. The normalized spacial score (nSPS) is 11.6. The Labute approximate surface area is 142 Å². The van der Waals surface area contributed by atoms with E-state index in [1.54, 1.807) is 0 Å². The summed E-state index contributed by atoms with van der Waals surface area (Å²) in [5.74, 6) is -0.970. The first-order chi connectivity index (χ1) is 8.51. The van der Waals surface area contributed by atoms with Gasteiger partial charge in [0.15, 0.2) is 0 Å². The third-order valence-electron chi connectivity index (χ3n) is 2.45. The molecule has 0 amide bonds. The fraction of sp³-hybridized carbons (Fsp3) is 0.533. The van der Waals surface area contributed by atoms with Crippen LogP contribution in [0.5, 0.6) is 0 Å². The van der Waals surface area contributed by atoms with E-state index in [-0.39, 0.29) is 30.7 Å². The molecular formula is C15H23ClF2PPd-. The molecule has 0 bridgehead atoms. The van der Waals surface area contributed by atoms with E-state index in [4.69, 9.17) is 0 Å². The Kier molecular flexibility index (Phi) is 10.0. The Morgan fingerprint density at radius 3 is 1.40 bits per heavy atom. The molecule has 0 spiro atoms. The number of hydrogen-bond donors (Lipinski definition) is 0. The van der Waals surface area contributed by atoms with Crippen molar-refractivity contribution in [2.45, 2.75) is 51.9 Å². The minimum atomic E-state index is -0.650. The van der Waals surface area contributed by atoms with Gasteiger partial charge in [0, 0.05) is 26.5 Å². The van der Waals surface area contributed by atoms with E-state index in [2.05, 4.69) is 59.5 Å². The molecule has 0 aliphatic rings. The van der Waals surface area contributed by atoms with Crippen molar-refractivity contribution in [2.75, 3.05) is 0 Å². The Morgan fingerprint density at radius 1 is 0.850 bits per heavy atom. The van der Waals surface area contributed by atoms with E-state index >= 15 is 0 Å². The van der Waals surface area contributed by atoms with Gasteiger partial charge < -0.3 is 11.6 Å². The van der Waals surface area contributed by atoms with Crippen molar-refractivity contribution in [3.8, 4) is 0 Å². The SMILES string of the molecule is CC(C)(C)P(c1cc(F)cc(F)c1)C(C)(C)C.[CH2-]Cl.[Pd]. The zero-order chi connectivity index (χ0) is 15.4. The molecule has 1 aromatic rings. The second-order valence-electron chi connectivity index (χ2n) is 6.30. The summed E-state index contributed by atoms with van der Waals surface area (Å²) in [6.07, 6.45) is 2.72. The number of hydrogen-bond acceptors (Lipinski definition) is 0. The van der Waals surface area contributed by atoms with Crippen LogP contribution in [0, 0.1) is 18.0 Å². The van der Waals surface area contributed by atoms with E-state index in [1.807, 2.05) is 0 Å². The van der Waals surface area contributed by atoms with E-state index < -0.39 is 19.6 Å². The summed E-state index contributed by atoms with van der Waals surface area (Å²) >= 11 is 4.39. The molecule has 0 aromatic heterocycles. The van der Waals surface area contributed by atoms with Crippen molar-refractivity contribution in [1.82, 2.24) is 0 Å². The van der Waals surface area contributed by atoms with E-state index in [9.17, 15) is 8.78 Å². The predicted molar refractivity (Wildman–Crippen MR) is 83.6 cm³/mol. The molecule has 1 rings (SSSR count). The van der Waals surface area contributed by atoms with Crippen LogP contribution in [-0.4, -0.2) is 10.3 Å². The average molecular weight is 414 g/mol. The maximum Gasteiger partial charge on any atom is 0.126 e. The van der Waals surface area contributed by atoms with Gasteiger partial charge in [-0.2, -0.15) is 0 Å². The first-order valence-electron chi connectivity index (χ1n) is 6.05. The van der Waals surface area contributed by atoms with Gasteiger partial charge in [-0.3, -0.25) is 6.38 Å². The molecule has 0 aliphatic heterocycles. The van der Waals surface area contributed by atoms with Crippen LogP contribution < -0.4 is 5.30 Å². The Bertz CT molecular complexity index is 377. The average Bonchev–Trinajstić information content (AvgIpc) is 2.13. The van der Waals surface area contributed by atoms with Crippen LogP contribution in [0.15, 0.2) is 18.2 Å². The minimum absolute atomic E-state index is 0. The molecule has 1 aromatic carbocycles. The van der Waals surface area contributed by atoms with Crippen molar-refractivity contribution in [1.29, 1.82) is 0 Å². The summed E-state index contributed by atoms with van der Waals surface area (Å²) in [6, 6.07) is 3.89. The van der Waals surface area contributed by atoms with Gasteiger partial charge >= 0.3 is 0 Å². The Balaban J connectivity index is 0. The zero-order valence-electron chi connectivity index (χ0n) is 12.8. The molecule has 0 radical (unpaired) electrons. The molecule has 0 saturated carbocycles. The third-order valence-corrected chi connectivity index (χ3v) is 5.91. The summed E-state index contributed by atoms with van der Waals surface area (Å²) in [6.45, 7) is 12.8. The van der Waals surface area contributed by atoms with Crippen LogP contribution in [0.25, 0.3) is 0 Å². The zero-order valence-corrected chi connectivity index (χ0v) is 16.0. The van der Waals surface area contributed by atoms with Crippen molar-refractivity contribution < 1.29 is 29.2 Å². The van der Waals surface area contributed by atoms with Crippen LogP contribution in [-0.2, 0) is 20.4 Å². The molecule has 0 saturated heterocycles. The van der Waals surface area contributed by atoms with Crippen LogP contribution in [0.2, 0.25) is 0 Å². The summed E-state index contributed by atoms with van der Waals surface area (Å²) in [4.78, 5) is 0. The maximum atomic E-state index is 13.3. The summed E-state index contributed by atoms with van der Waals surface area (Å²) in [7, 11) is -0.650. The van der Waals surface area contributed by atoms with Crippen LogP contribution in [0.3, 0.4) is 0 Å². The largest absolute Gasteiger partial charge is 0.352 e. The van der Waals surface area contributed by atoms with Crippen molar-refractivity contribution >= 4 is 24.8 Å². The third kappa shape index (κ3) is 6.95. The van der Waals surface area contributed by atoms with E-state index in [1.165, 1.54) is 12.1 Å². The quantitative estimate of drug-likeness (QED) is 0.315. The first-order valence-corrected chi connectivity index (χ1v) is 7.92. The molecule has 0 fully saturated rings. The standard InChI is InChI=1S/C14H21F2P.CH2Cl.Pd/c1-13(2,3)17(14(4,5)6)12-8-10(15)7-11(16)9-12;1-2;/h7-9H,1-6H3;1H2;/q;-1;. The van der Waals surface area contributed by atoms with Gasteiger partial charge in [-0.1, -0.05) is 49.5 Å². The molecule has 20 heavy (non-hydrogen) atoms. The van der Waals surface area contributed by atoms with Crippen molar-refractivity contribution in [3.05, 3.63) is 36.2 Å². The molecule has 120 valence electrons. The summed E-state index contributed by atoms with van der Waals surface area (Å²) in [5.41, 5.74) is 0. The minimum Gasteiger partial charge on any atom is -0.352 e. The van der Waals surface area contributed by atoms with E-state index in [0.717, 1.165) is 11.4 Å². The van der Waals surface area contributed by atoms with Gasteiger partial charge in [0.1, 0.15) is 11.6 Å². The molecule has 0 atom stereocenters. The molecule has 0 unspecified atom stereocenters. The molecular weight excluding hydrogens is 391 g/mol. The van der Waals surface area contributed by atoms with Gasteiger partial charge in [-0.25, -0.2) is 8.78 Å². The molecule has 0 aliphatic carbocycles. The smallest absolute Gasteiger partial charge is 0.126 e. The number of benzene rings is 1. The number of rotatable bonds is 1. The molecule has 5 heteroatoms. The van der Waals surface area contributed by atoms with Gasteiger partial charge in [0.2, 0.25) is 0 Å². The summed E-state index contributed by atoms with van der Waals surface area (Å²) in [5, 5.41) is 0.847. The van der Waals surface area contributed by atoms with Gasteiger partial charge in [0.05, 0.1) is 0 Å². The maximum absolute atomic E-state index is 13.3. The molecule has 0 heterocycles. The van der Waals surface area contributed by atoms with Gasteiger partial charge in [-0.05, 0) is 27.7 Å². The van der Waals surface area contributed by atoms with E-state index in [0.29, 0.717) is 0 Å². The van der Waals surface area contributed by atoms with Crippen molar-refractivity contribution in [3.63, 3.8) is 0 Å². The van der Waals surface area contributed by atoms with Gasteiger partial charge in [-0.15, -0.1) is 0 Å². The van der Waals surface area contributed by atoms with Crippen LogP contribution in [0.1, 0.15) is 41.5 Å². The molecule has 0 N–H and O–H groups in total. The fourth-order valence-electron chi connectivity index (χ4n) is 2.45. The second-order valence-corrected chi connectivity index (χ2v) is 10.2. The fourth-order valence-corrected chi connectivity index (χ4v) is 6.52. The first kappa shape index (κ1) is 22.7. The van der Waals surface area contributed by atoms with Crippen molar-refractivity contribution in [2.24, 2.45) is 0 Å². The topological polar surface area (TPSA) is 0 Å². The Morgan fingerprint density at radius 2 is 1.15 bits per heavy atom. The predicted octanol–water partition coefficient (Wildman–Crippen LogP) is 5.68. The summed E-state index contributed by atoms with van der Waals surface area (Å²) < 4.78 is 26.7.